The number of hydrogen-bond donors (Lipinski definition) is 0. The molecule has 1 aromatic carbocycles. The Morgan fingerprint density at radius 2 is 1.52 bits per heavy atom. The molecule has 2 nitrogen and oxygen atoms in total. The maximum Gasteiger partial charge on any atom is 0.0948 e. The topological polar surface area (TPSA) is 17.8 Å². The first-order valence-corrected chi connectivity index (χ1v) is 11.4. The lowest BCUT2D eigenvalue weighted by atomic mass is 9.84. The summed E-state index contributed by atoms with van der Waals surface area (Å²) < 4.78 is 2.38. The molecule has 0 aliphatic heterocycles. The predicted octanol–water partition coefficient (Wildman–Crippen LogP) is 7.61. The van der Waals surface area contributed by atoms with Crippen LogP contribution in [0.2, 0.25) is 0 Å². The molecule has 0 saturated heterocycles. The summed E-state index contributed by atoms with van der Waals surface area (Å²) in [4.78, 5) is 4.34. The van der Waals surface area contributed by atoms with Gasteiger partial charge >= 0.3 is 0 Å². The van der Waals surface area contributed by atoms with Gasteiger partial charge in [0.1, 0.15) is 0 Å². The molecule has 0 saturated carbocycles. The van der Waals surface area contributed by atoms with Gasteiger partial charge in [-0.15, -0.1) is 0 Å². The van der Waals surface area contributed by atoms with Crippen LogP contribution in [0.3, 0.4) is 0 Å². The highest BCUT2D eigenvalue weighted by molar-refractivity contribution is 5.15. The molecule has 0 N–H and O–H groups in total. The maximum absolute atomic E-state index is 4.34. The van der Waals surface area contributed by atoms with E-state index in [1.807, 2.05) is 12.5 Å². The molecule has 150 valence electrons. The molecule has 2 atom stereocenters. The zero-order valence-corrected chi connectivity index (χ0v) is 17.7. The van der Waals surface area contributed by atoms with E-state index in [1.54, 1.807) is 0 Å². The summed E-state index contributed by atoms with van der Waals surface area (Å²) in [5.41, 5.74) is 1.48. The monoisotopic (exact) mass is 368 g/mol. The fourth-order valence-corrected chi connectivity index (χ4v) is 4.22. The lowest BCUT2D eigenvalue weighted by molar-refractivity contribution is 0.277. The van der Waals surface area contributed by atoms with Crippen LogP contribution in [0.15, 0.2) is 49.1 Å². The number of unbranched alkanes of at least 4 members (excludes halogenated alkanes) is 7. The molecule has 0 fully saturated rings. The van der Waals surface area contributed by atoms with E-state index in [4.69, 9.17) is 0 Å². The average Bonchev–Trinajstić information content (AvgIpc) is 3.22. The van der Waals surface area contributed by atoms with Crippen molar-refractivity contribution in [1.29, 1.82) is 0 Å². The lowest BCUT2D eigenvalue weighted by Crippen LogP contribution is -2.21. The Balaban J connectivity index is 1.96. The van der Waals surface area contributed by atoms with Gasteiger partial charge < -0.3 is 4.57 Å². The SMILES string of the molecule is CCCCCCCCCC(Cc1ccccc1)C(CCCC)n1ccnc1. The molecule has 1 aromatic heterocycles. The molecule has 2 heteroatoms. The summed E-state index contributed by atoms with van der Waals surface area (Å²) in [7, 11) is 0. The first-order chi connectivity index (χ1) is 13.3. The Morgan fingerprint density at radius 1 is 0.815 bits per heavy atom. The predicted molar refractivity (Wildman–Crippen MR) is 117 cm³/mol. The lowest BCUT2D eigenvalue weighted by Gasteiger charge is -2.29. The van der Waals surface area contributed by atoms with Crippen LogP contribution in [0.1, 0.15) is 96.1 Å². The van der Waals surface area contributed by atoms with Crippen molar-refractivity contribution in [2.45, 2.75) is 96.9 Å². The van der Waals surface area contributed by atoms with Gasteiger partial charge in [0, 0.05) is 18.4 Å². The van der Waals surface area contributed by atoms with E-state index in [9.17, 15) is 0 Å². The maximum atomic E-state index is 4.34. The van der Waals surface area contributed by atoms with Crippen LogP contribution in [0, 0.1) is 5.92 Å². The Kier molecular flexibility index (Phi) is 10.9. The fourth-order valence-electron chi connectivity index (χ4n) is 4.22. The highest BCUT2D eigenvalue weighted by Crippen LogP contribution is 2.31. The van der Waals surface area contributed by atoms with Crippen molar-refractivity contribution in [1.82, 2.24) is 9.55 Å². The third-order valence-corrected chi connectivity index (χ3v) is 5.82. The van der Waals surface area contributed by atoms with Crippen molar-refractivity contribution in [2.24, 2.45) is 5.92 Å². The molecule has 2 aromatic rings. The summed E-state index contributed by atoms with van der Waals surface area (Å²) in [6.07, 6.45) is 22.2. The van der Waals surface area contributed by atoms with Crippen LogP contribution < -0.4 is 0 Å². The summed E-state index contributed by atoms with van der Waals surface area (Å²) in [6, 6.07) is 11.6. The highest BCUT2D eigenvalue weighted by Gasteiger charge is 2.22. The number of nitrogens with zero attached hydrogens (tertiary/aromatic N) is 2. The zero-order valence-electron chi connectivity index (χ0n) is 17.7. The van der Waals surface area contributed by atoms with Crippen molar-refractivity contribution in [2.75, 3.05) is 0 Å². The van der Waals surface area contributed by atoms with Crippen molar-refractivity contribution in [3.05, 3.63) is 54.6 Å². The van der Waals surface area contributed by atoms with Gasteiger partial charge in [0.05, 0.1) is 6.33 Å². The second-order valence-corrected chi connectivity index (χ2v) is 8.08. The normalized spacial score (nSPS) is 13.6. The first-order valence-electron chi connectivity index (χ1n) is 11.4. The number of benzene rings is 1. The van der Waals surface area contributed by atoms with Gasteiger partial charge in [-0.3, -0.25) is 0 Å². The van der Waals surface area contributed by atoms with Crippen LogP contribution in [0.4, 0.5) is 0 Å². The smallest absolute Gasteiger partial charge is 0.0948 e. The number of aromatic nitrogens is 2. The molecule has 0 aliphatic rings. The number of rotatable bonds is 15. The van der Waals surface area contributed by atoms with Crippen molar-refractivity contribution in [3.63, 3.8) is 0 Å². The second kappa shape index (κ2) is 13.6. The van der Waals surface area contributed by atoms with Crippen molar-refractivity contribution < 1.29 is 0 Å². The molecule has 0 aliphatic carbocycles. The first kappa shape index (κ1) is 21.7. The molecule has 27 heavy (non-hydrogen) atoms. The molecule has 1 heterocycles. The second-order valence-electron chi connectivity index (χ2n) is 8.08. The molecule has 0 bridgehead atoms. The van der Waals surface area contributed by atoms with E-state index in [-0.39, 0.29) is 0 Å². The molecule has 0 amide bonds. The van der Waals surface area contributed by atoms with Gasteiger partial charge in [0.2, 0.25) is 0 Å². The Hall–Kier alpha value is -1.57. The van der Waals surface area contributed by atoms with Crippen LogP contribution >= 0.6 is 0 Å². The Bertz CT molecular complexity index is 561. The van der Waals surface area contributed by atoms with Gasteiger partial charge in [-0.2, -0.15) is 0 Å². The Morgan fingerprint density at radius 3 is 2.19 bits per heavy atom. The molecular weight excluding hydrogens is 328 g/mol. The minimum Gasteiger partial charge on any atom is -0.334 e. The van der Waals surface area contributed by atoms with E-state index >= 15 is 0 Å². The van der Waals surface area contributed by atoms with Crippen LogP contribution in [-0.4, -0.2) is 9.55 Å². The molecular formula is C25H40N2. The molecule has 2 unspecified atom stereocenters. The fraction of sp³-hybridized carbons (Fsp3) is 0.640. The van der Waals surface area contributed by atoms with E-state index in [0.29, 0.717) is 12.0 Å². The van der Waals surface area contributed by atoms with Gasteiger partial charge in [-0.1, -0.05) is 102 Å². The Labute approximate surface area is 167 Å². The minimum atomic E-state index is 0.577. The van der Waals surface area contributed by atoms with E-state index in [0.717, 1.165) is 0 Å². The number of hydrogen-bond acceptors (Lipinski definition) is 1. The minimum absolute atomic E-state index is 0.577. The van der Waals surface area contributed by atoms with E-state index in [1.165, 1.54) is 82.6 Å². The van der Waals surface area contributed by atoms with Crippen molar-refractivity contribution in [3.8, 4) is 0 Å². The highest BCUT2D eigenvalue weighted by atomic mass is 15.1. The van der Waals surface area contributed by atoms with Crippen molar-refractivity contribution >= 4 is 0 Å². The standard InChI is InChI=1S/C25H40N2/c1-3-5-7-8-9-10-14-17-24(21-23-15-12-11-13-16-23)25(18-6-4-2)27-20-19-26-22-27/h11-13,15-16,19-20,22,24-25H,3-10,14,17-18,21H2,1-2H3. The molecule has 0 spiro atoms. The van der Waals surface area contributed by atoms with Gasteiger partial charge in [0.15, 0.2) is 0 Å². The molecule has 2 rings (SSSR count). The van der Waals surface area contributed by atoms with Gasteiger partial charge in [0.25, 0.3) is 0 Å². The summed E-state index contributed by atoms with van der Waals surface area (Å²) in [5.74, 6) is 0.698. The van der Waals surface area contributed by atoms with Crippen LogP contribution in [-0.2, 0) is 6.42 Å². The average molecular weight is 369 g/mol. The quantitative estimate of drug-likeness (QED) is 0.296. The van der Waals surface area contributed by atoms with Gasteiger partial charge in [-0.05, 0) is 30.7 Å². The van der Waals surface area contributed by atoms with E-state index in [2.05, 4.69) is 59.9 Å². The van der Waals surface area contributed by atoms with Crippen LogP contribution in [0.25, 0.3) is 0 Å². The molecule has 0 radical (unpaired) electrons. The third-order valence-electron chi connectivity index (χ3n) is 5.82. The number of imidazole rings is 1. The third kappa shape index (κ3) is 8.32. The summed E-state index contributed by atoms with van der Waals surface area (Å²) in [5, 5.41) is 0. The summed E-state index contributed by atoms with van der Waals surface area (Å²) in [6.45, 7) is 4.59. The van der Waals surface area contributed by atoms with Gasteiger partial charge in [-0.25, -0.2) is 4.98 Å². The summed E-state index contributed by atoms with van der Waals surface area (Å²) >= 11 is 0. The zero-order chi connectivity index (χ0) is 19.2. The van der Waals surface area contributed by atoms with E-state index < -0.39 is 0 Å². The van der Waals surface area contributed by atoms with Crippen LogP contribution in [0.5, 0.6) is 0 Å². The largest absolute Gasteiger partial charge is 0.334 e.